The Morgan fingerprint density at radius 2 is 1.77 bits per heavy atom. The molecule has 2 amide bonds. The first-order valence-electron chi connectivity index (χ1n) is 13.0. The summed E-state index contributed by atoms with van der Waals surface area (Å²) >= 11 is 12.4. The lowest BCUT2D eigenvalue weighted by Gasteiger charge is -2.22. The lowest BCUT2D eigenvalue weighted by Crippen LogP contribution is -2.47. The van der Waals surface area contributed by atoms with E-state index in [0.717, 1.165) is 25.0 Å². The fourth-order valence-electron chi connectivity index (χ4n) is 4.75. The average molecular weight is 580 g/mol. The van der Waals surface area contributed by atoms with Crippen LogP contribution in [0.1, 0.15) is 51.8 Å². The highest BCUT2D eigenvalue weighted by molar-refractivity contribution is 6.39. The molecule has 1 aliphatic heterocycles. The third-order valence-electron chi connectivity index (χ3n) is 6.78. The van der Waals surface area contributed by atoms with Gasteiger partial charge in [-0.25, -0.2) is 9.97 Å². The van der Waals surface area contributed by atoms with Gasteiger partial charge in [0.25, 0.3) is 11.8 Å². The highest BCUT2D eigenvalue weighted by Crippen LogP contribution is 2.34. The molecule has 1 atom stereocenters. The topological polar surface area (TPSA) is 121 Å². The Bertz CT molecular complexity index is 1500. The second-order valence-corrected chi connectivity index (χ2v) is 10.3. The Labute approximate surface area is 240 Å². The van der Waals surface area contributed by atoms with Gasteiger partial charge >= 0.3 is 0 Å². The molecule has 2 aromatic carbocycles. The number of hydrogen-bond donors (Lipinski definition) is 2. The van der Waals surface area contributed by atoms with E-state index in [-0.39, 0.29) is 29.9 Å². The van der Waals surface area contributed by atoms with Crippen LogP contribution in [0.3, 0.4) is 0 Å². The Hall–Kier alpha value is -3.95. The number of oxazole rings is 1. The number of Topliss-reactive ketones (excluding diaryl/α,β-unsaturated/α-hetero) is 1. The summed E-state index contributed by atoms with van der Waals surface area (Å²) in [6, 6.07) is 14.5. The molecular formula is C29H27Cl2N5O4. The van der Waals surface area contributed by atoms with E-state index in [1.807, 2.05) is 18.2 Å². The largest absolute Gasteiger partial charge is 0.434 e. The summed E-state index contributed by atoms with van der Waals surface area (Å²) in [6.45, 7) is 0.0937. The van der Waals surface area contributed by atoms with E-state index in [2.05, 4.69) is 32.4 Å². The third-order valence-corrected chi connectivity index (χ3v) is 7.41. The van der Waals surface area contributed by atoms with Gasteiger partial charge in [-0.3, -0.25) is 14.4 Å². The highest BCUT2D eigenvalue weighted by Gasteiger charge is 2.36. The first-order valence-corrected chi connectivity index (χ1v) is 13.8. The van der Waals surface area contributed by atoms with Gasteiger partial charge in [-0.15, -0.1) is 0 Å². The van der Waals surface area contributed by atoms with Gasteiger partial charge in [-0.05, 0) is 49.8 Å². The fourth-order valence-corrected chi connectivity index (χ4v) is 5.34. The molecule has 4 aromatic rings. The number of likely N-dealkylation sites (tertiary alicyclic amines) is 1. The molecular weight excluding hydrogens is 553 g/mol. The molecule has 0 bridgehead atoms. The zero-order valence-electron chi connectivity index (χ0n) is 21.5. The van der Waals surface area contributed by atoms with Crippen LogP contribution in [0.4, 0.5) is 0 Å². The van der Waals surface area contributed by atoms with Gasteiger partial charge in [0.05, 0.1) is 28.4 Å². The Morgan fingerprint density at radius 3 is 2.55 bits per heavy atom. The molecule has 3 heterocycles. The standard InChI is InChI=1S/C29H27Cl2N5O4/c30-20-11-5-12-21(31)25(20)24-17-34-28(40-24)23(37)16-33-27(38)22-13-6-14-36(22)29(39)26-32-15-19(35-26)10-4-9-18-7-2-1-3-8-18/h1-3,5,7-8,11-12,15,17,22H,4,6,9-10,13-14,16H2,(H,32,35)(H,33,38)/t22-/m0/s1. The minimum Gasteiger partial charge on any atom is -0.434 e. The summed E-state index contributed by atoms with van der Waals surface area (Å²) in [6.07, 6.45) is 6.79. The van der Waals surface area contributed by atoms with Crippen LogP contribution in [0.2, 0.25) is 10.0 Å². The molecule has 11 heteroatoms. The normalized spacial score (nSPS) is 14.8. The van der Waals surface area contributed by atoms with E-state index in [0.29, 0.717) is 35.0 Å². The van der Waals surface area contributed by atoms with Crippen LogP contribution >= 0.6 is 23.2 Å². The van der Waals surface area contributed by atoms with E-state index >= 15 is 0 Å². The lowest BCUT2D eigenvalue weighted by molar-refractivity contribution is -0.124. The van der Waals surface area contributed by atoms with Gasteiger partial charge in [0.1, 0.15) is 6.04 Å². The van der Waals surface area contributed by atoms with E-state index in [9.17, 15) is 14.4 Å². The van der Waals surface area contributed by atoms with Crippen molar-refractivity contribution in [3.8, 4) is 11.3 Å². The smallest absolute Gasteiger partial charge is 0.290 e. The zero-order chi connectivity index (χ0) is 28.1. The summed E-state index contributed by atoms with van der Waals surface area (Å²) < 4.78 is 5.57. The number of nitrogens with one attached hydrogen (secondary N) is 2. The van der Waals surface area contributed by atoms with Crippen LogP contribution in [-0.4, -0.2) is 56.6 Å². The molecule has 40 heavy (non-hydrogen) atoms. The number of carbonyl (C=O) groups is 3. The molecule has 0 spiro atoms. The van der Waals surface area contributed by atoms with Gasteiger partial charge in [0, 0.05) is 18.4 Å². The first kappa shape index (κ1) is 27.6. The summed E-state index contributed by atoms with van der Waals surface area (Å²) in [5.74, 6) is -1.01. The number of nitrogens with zero attached hydrogens (tertiary/aromatic N) is 3. The van der Waals surface area contributed by atoms with Crippen LogP contribution in [0.5, 0.6) is 0 Å². The van der Waals surface area contributed by atoms with Crippen molar-refractivity contribution in [3.05, 3.63) is 93.9 Å². The fraction of sp³-hybridized carbons (Fsp3) is 0.276. The van der Waals surface area contributed by atoms with Crippen LogP contribution in [0, 0.1) is 0 Å². The quantitative estimate of drug-likeness (QED) is 0.250. The number of benzene rings is 2. The maximum Gasteiger partial charge on any atom is 0.290 e. The number of aromatic nitrogens is 3. The van der Waals surface area contributed by atoms with Crippen LogP contribution in [-0.2, 0) is 17.6 Å². The minimum absolute atomic E-state index is 0.180. The first-order chi connectivity index (χ1) is 19.4. The van der Waals surface area contributed by atoms with Crippen LogP contribution in [0.15, 0.2) is 65.3 Å². The third kappa shape index (κ3) is 6.26. The maximum absolute atomic E-state index is 13.2. The van der Waals surface area contributed by atoms with Gasteiger partial charge in [-0.2, -0.15) is 0 Å². The van der Waals surface area contributed by atoms with Crippen molar-refractivity contribution in [1.29, 1.82) is 0 Å². The zero-order valence-corrected chi connectivity index (χ0v) is 23.0. The number of hydrogen-bond acceptors (Lipinski definition) is 6. The number of aryl methyl sites for hydroxylation is 2. The number of imidazole rings is 1. The Morgan fingerprint density at radius 1 is 1.00 bits per heavy atom. The summed E-state index contributed by atoms with van der Waals surface area (Å²) in [4.78, 5) is 51.6. The molecule has 0 radical (unpaired) electrons. The van der Waals surface area contributed by atoms with Gasteiger partial charge in [0.2, 0.25) is 11.7 Å². The van der Waals surface area contributed by atoms with Crippen molar-refractivity contribution in [3.63, 3.8) is 0 Å². The molecule has 5 rings (SSSR count). The monoisotopic (exact) mass is 579 g/mol. The van der Waals surface area contributed by atoms with Crippen molar-refractivity contribution in [2.45, 2.75) is 38.1 Å². The lowest BCUT2D eigenvalue weighted by atomic mass is 10.1. The van der Waals surface area contributed by atoms with Crippen molar-refractivity contribution in [1.82, 2.24) is 25.2 Å². The molecule has 1 fully saturated rings. The second-order valence-electron chi connectivity index (χ2n) is 9.52. The van der Waals surface area contributed by atoms with Crippen LogP contribution < -0.4 is 5.32 Å². The van der Waals surface area contributed by atoms with E-state index in [1.165, 1.54) is 16.7 Å². The number of amides is 2. The predicted molar refractivity (Wildman–Crippen MR) is 150 cm³/mol. The van der Waals surface area contributed by atoms with E-state index in [4.69, 9.17) is 27.6 Å². The number of ketones is 1. The van der Waals surface area contributed by atoms with Crippen molar-refractivity contribution >= 4 is 40.8 Å². The molecule has 1 aliphatic rings. The number of carbonyl (C=O) groups excluding carboxylic acids is 3. The van der Waals surface area contributed by atoms with Crippen molar-refractivity contribution < 1.29 is 18.8 Å². The molecule has 1 saturated heterocycles. The van der Waals surface area contributed by atoms with E-state index < -0.39 is 17.7 Å². The SMILES string of the molecule is O=C(CNC(=O)[C@@H]1CCCN1C(=O)c1ncc(CCCc2ccccc2)[nH]1)c1ncc(-c2c(Cl)cccc2Cl)o1. The number of halogens is 2. The van der Waals surface area contributed by atoms with Crippen molar-refractivity contribution in [2.75, 3.05) is 13.1 Å². The van der Waals surface area contributed by atoms with Gasteiger partial charge in [-0.1, -0.05) is 59.6 Å². The maximum atomic E-state index is 13.2. The Balaban J connectivity index is 1.15. The summed E-state index contributed by atoms with van der Waals surface area (Å²) in [5, 5.41) is 3.33. The highest BCUT2D eigenvalue weighted by atomic mass is 35.5. The molecule has 2 N–H and O–H groups in total. The van der Waals surface area contributed by atoms with Crippen LogP contribution in [0.25, 0.3) is 11.3 Å². The second kappa shape index (κ2) is 12.5. The van der Waals surface area contributed by atoms with Crippen molar-refractivity contribution in [2.24, 2.45) is 0 Å². The number of rotatable bonds is 10. The molecule has 9 nitrogen and oxygen atoms in total. The average Bonchev–Trinajstić information content (AvgIpc) is 3.73. The van der Waals surface area contributed by atoms with E-state index in [1.54, 1.807) is 24.4 Å². The predicted octanol–water partition coefficient (Wildman–Crippen LogP) is 5.15. The molecule has 0 saturated carbocycles. The molecule has 0 unspecified atom stereocenters. The number of aromatic amines is 1. The summed E-state index contributed by atoms with van der Waals surface area (Å²) in [7, 11) is 0. The number of H-pyrrole nitrogens is 1. The van der Waals surface area contributed by atoms with Gasteiger partial charge in [0.15, 0.2) is 11.6 Å². The molecule has 2 aromatic heterocycles. The molecule has 0 aliphatic carbocycles. The Kier molecular flexibility index (Phi) is 8.62. The minimum atomic E-state index is -0.700. The molecule has 206 valence electrons. The summed E-state index contributed by atoms with van der Waals surface area (Å²) in [5.41, 5.74) is 2.56. The van der Waals surface area contributed by atoms with Gasteiger partial charge < -0.3 is 19.6 Å².